The smallest absolute Gasteiger partial charge is 0.259 e. The van der Waals surface area contributed by atoms with E-state index in [0.717, 1.165) is 0 Å². The van der Waals surface area contributed by atoms with Gasteiger partial charge in [0.15, 0.2) is 0 Å². The fourth-order valence-corrected chi connectivity index (χ4v) is 2.70. The molecular weight excluding hydrogens is 288 g/mol. The Morgan fingerprint density at radius 1 is 0.826 bits per heavy atom. The first-order valence-corrected chi connectivity index (χ1v) is 7.63. The molecule has 4 heteroatoms. The van der Waals surface area contributed by atoms with Crippen LogP contribution in [0.1, 0.15) is 13.3 Å². The Morgan fingerprint density at radius 2 is 1.26 bits per heavy atom. The van der Waals surface area contributed by atoms with Crippen LogP contribution in [0.3, 0.4) is 0 Å². The van der Waals surface area contributed by atoms with E-state index in [0.29, 0.717) is 17.8 Å². The largest absolute Gasteiger partial charge is 0.272 e. The molecule has 2 amide bonds. The molecule has 0 radical (unpaired) electrons. The molecule has 0 aromatic heterocycles. The van der Waals surface area contributed by atoms with Gasteiger partial charge in [0.2, 0.25) is 0 Å². The summed E-state index contributed by atoms with van der Waals surface area (Å²) in [5.74, 6) is -1.06. The lowest BCUT2D eigenvalue weighted by Crippen LogP contribution is -2.41. The van der Waals surface area contributed by atoms with Gasteiger partial charge in [-0.1, -0.05) is 48.6 Å². The van der Waals surface area contributed by atoms with Crippen molar-refractivity contribution in [3.05, 3.63) is 72.8 Å². The number of nitrogens with zero attached hydrogens (tertiary/aromatic N) is 2. The van der Waals surface area contributed by atoms with Gasteiger partial charge in [-0.25, -0.2) is 10.0 Å². The molecular formula is C19H18N2O2. The van der Waals surface area contributed by atoms with Crippen LogP contribution < -0.4 is 10.0 Å². The van der Waals surface area contributed by atoms with Crippen LogP contribution in [-0.2, 0) is 9.59 Å². The number of rotatable bonds is 4. The van der Waals surface area contributed by atoms with E-state index in [9.17, 15) is 9.59 Å². The number of carbonyl (C=O) groups is 2. The molecule has 2 aromatic rings. The number of hydrogen-bond donors (Lipinski definition) is 0. The summed E-state index contributed by atoms with van der Waals surface area (Å²) < 4.78 is 0. The number of carbonyl (C=O) groups excluding carboxylic acids is 2. The summed E-state index contributed by atoms with van der Waals surface area (Å²) in [5.41, 5.74) is 1.38. The van der Waals surface area contributed by atoms with Gasteiger partial charge in [0.05, 0.1) is 11.4 Å². The monoisotopic (exact) mass is 306 g/mol. The van der Waals surface area contributed by atoms with Crippen LogP contribution in [0.5, 0.6) is 0 Å². The van der Waals surface area contributed by atoms with Crippen molar-refractivity contribution in [2.45, 2.75) is 13.3 Å². The Kier molecular flexibility index (Phi) is 4.24. The molecule has 116 valence electrons. The van der Waals surface area contributed by atoms with Crippen molar-refractivity contribution in [1.82, 2.24) is 0 Å². The first-order valence-electron chi connectivity index (χ1n) is 7.63. The summed E-state index contributed by atoms with van der Waals surface area (Å²) in [6.45, 7) is 1.88. The molecule has 23 heavy (non-hydrogen) atoms. The molecule has 3 rings (SSSR count). The summed E-state index contributed by atoms with van der Waals surface area (Å²) in [5, 5.41) is 2.96. The molecule has 0 N–H and O–H groups in total. The van der Waals surface area contributed by atoms with Crippen molar-refractivity contribution in [3.8, 4) is 0 Å². The van der Waals surface area contributed by atoms with Crippen LogP contribution in [0.25, 0.3) is 0 Å². The lowest BCUT2D eigenvalue weighted by atomic mass is 10.0. The molecule has 1 aliphatic heterocycles. The zero-order valence-corrected chi connectivity index (χ0v) is 12.9. The average molecular weight is 306 g/mol. The summed E-state index contributed by atoms with van der Waals surface area (Å²) in [4.78, 5) is 25.7. The normalized spacial score (nSPS) is 15.9. The fraction of sp³-hybridized carbons (Fsp3) is 0.158. The first-order chi connectivity index (χ1) is 11.2. The van der Waals surface area contributed by atoms with Gasteiger partial charge < -0.3 is 0 Å². The molecule has 4 nitrogen and oxygen atoms in total. The van der Waals surface area contributed by atoms with E-state index in [-0.39, 0.29) is 11.8 Å². The van der Waals surface area contributed by atoms with Gasteiger partial charge >= 0.3 is 0 Å². The summed E-state index contributed by atoms with van der Waals surface area (Å²) in [6.07, 6.45) is 4.14. The molecule has 2 aromatic carbocycles. The highest BCUT2D eigenvalue weighted by atomic mass is 16.2. The molecule has 0 unspecified atom stereocenters. The molecule has 0 bridgehead atoms. The van der Waals surface area contributed by atoms with E-state index >= 15 is 0 Å². The Balaban J connectivity index is 2.06. The van der Waals surface area contributed by atoms with Crippen molar-refractivity contribution < 1.29 is 9.59 Å². The zero-order chi connectivity index (χ0) is 16.2. The highest BCUT2D eigenvalue weighted by Gasteiger charge is 2.46. The second-order valence-corrected chi connectivity index (χ2v) is 5.33. The number of anilines is 2. The highest BCUT2D eigenvalue weighted by Crippen LogP contribution is 2.32. The van der Waals surface area contributed by atoms with Gasteiger partial charge in [0, 0.05) is 0 Å². The number of allylic oxidation sites excluding steroid dienone is 2. The minimum atomic E-state index is -0.674. The maximum atomic E-state index is 12.8. The number of hydrazine groups is 1. The molecule has 1 saturated heterocycles. The van der Waals surface area contributed by atoms with Gasteiger partial charge in [-0.15, -0.1) is 0 Å². The zero-order valence-electron chi connectivity index (χ0n) is 12.9. The fourth-order valence-electron chi connectivity index (χ4n) is 2.70. The number of para-hydroxylation sites is 2. The lowest BCUT2D eigenvalue weighted by molar-refractivity contribution is -0.126. The van der Waals surface area contributed by atoms with Gasteiger partial charge in [-0.3, -0.25) is 9.59 Å². The Bertz CT molecular complexity index is 668. The predicted molar refractivity (Wildman–Crippen MR) is 90.8 cm³/mol. The van der Waals surface area contributed by atoms with E-state index in [1.807, 2.05) is 79.7 Å². The second-order valence-electron chi connectivity index (χ2n) is 5.33. The maximum absolute atomic E-state index is 12.8. The standard InChI is InChI=1S/C19H18N2O2/c1-2-3-14-17-18(22)20(15-10-6-4-7-11-15)21(19(17)23)16-12-8-5-9-13-16/h2-13,17H,14H2,1H3/b3-2+. The van der Waals surface area contributed by atoms with E-state index in [2.05, 4.69) is 0 Å². The Hall–Kier alpha value is -2.88. The van der Waals surface area contributed by atoms with Crippen molar-refractivity contribution >= 4 is 23.2 Å². The Morgan fingerprint density at radius 3 is 1.65 bits per heavy atom. The Labute approximate surface area is 135 Å². The van der Waals surface area contributed by atoms with Crippen LogP contribution in [0.2, 0.25) is 0 Å². The quantitative estimate of drug-likeness (QED) is 0.640. The summed E-state index contributed by atoms with van der Waals surface area (Å²) in [6, 6.07) is 18.5. The maximum Gasteiger partial charge on any atom is 0.259 e. The third-order valence-electron chi connectivity index (χ3n) is 3.82. The van der Waals surface area contributed by atoms with E-state index in [4.69, 9.17) is 0 Å². The predicted octanol–water partition coefficient (Wildman–Crippen LogP) is 3.56. The van der Waals surface area contributed by atoms with Crippen LogP contribution in [0, 0.1) is 5.92 Å². The molecule has 0 atom stereocenters. The van der Waals surface area contributed by atoms with Gasteiger partial charge in [-0.05, 0) is 37.6 Å². The number of amides is 2. The highest BCUT2D eigenvalue weighted by molar-refractivity contribution is 6.23. The summed E-state index contributed by atoms with van der Waals surface area (Å²) >= 11 is 0. The average Bonchev–Trinajstić information content (AvgIpc) is 2.85. The third kappa shape index (κ3) is 2.75. The molecule has 0 spiro atoms. The van der Waals surface area contributed by atoms with Gasteiger partial charge in [0.25, 0.3) is 11.8 Å². The van der Waals surface area contributed by atoms with E-state index in [1.165, 1.54) is 10.0 Å². The van der Waals surface area contributed by atoms with Gasteiger partial charge in [-0.2, -0.15) is 0 Å². The van der Waals surface area contributed by atoms with Crippen molar-refractivity contribution in [2.24, 2.45) is 5.92 Å². The van der Waals surface area contributed by atoms with E-state index in [1.54, 1.807) is 0 Å². The molecule has 0 saturated carbocycles. The molecule has 1 heterocycles. The minimum absolute atomic E-state index is 0.192. The molecule has 0 aliphatic carbocycles. The molecule has 1 aliphatic rings. The van der Waals surface area contributed by atoms with Gasteiger partial charge in [0.1, 0.15) is 5.92 Å². The third-order valence-corrected chi connectivity index (χ3v) is 3.82. The van der Waals surface area contributed by atoms with Crippen molar-refractivity contribution in [1.29, 1.82) is 0 Å². The molecule has 1 fully saturated rings. The summed E-state index contributed by atoms with van der Waals surface area (Å²) in [7, 11) is 0. The van der Waals surface area contributed by atoms with Crippen LogP contribution in [0.15, 0.2) is 72.8 Å². The topological polar surface area (TPSA) is 40.6 Å². The van der Waals surface area contributed by atoms with Crippen LogP contribution in [0.4, 0.5) is 11.4 Å². The number of hydrogen-bond acceptors (Lipinski definition) is 2. The second kappa shape index (κ2) is 6.48. The first kappa shape index (κ1) is 15.0. The lowest BCUT2D eigenvalue weighted by Gasteiger charge is -2.27. The van der Waals surface area contributed by atoms with Crippen LogP contribution in [-0.4, -0.2) is 11.8 Å². The van der Waals surface area contributed by atoms with E-state index < -0.39 is 5.92 Å². The minimum Gasteiger partial charge on any atom is -0.272 e. The van der Waals surface area contributed by atoms with Crippen LogP contribution >= 0.6 is 0 Å². The number of benzene rings is 2. The van der Waals surface area contributed by atoms with Crippen molar-refractivity contribution in [3.63, 3.8) is 0 Å². The SMILES string of the molecule is C/C=C/CC1C(=O)N(c2ccccc2)N(c2ccccc2)C1=O. The van der Waals surface area contributed by atoms with Crippen molar-refractivity contribution in [2.75, 3.05) is 10.0 Å².